The van der Waals surface area contributed by atoms with Crippen LogP contribution in [0.1, 0.15) is 29.4 Å². The van der Waals surface area contributed by atoms with Crippen molar-refractivity contribution in [3.05, 3.63) is 57.2 Å². The number of benzene rings is 1. The second kappa shape index (κ2) is 5.89. The number of aryl methyl sites for hydroxylation is 1. The van der Waals surface area contributed by atoms with Gasteiger partial charge in [0.15, 0.2) is 5.65 Å². The predicted molar refractivity (Wildman–Crippen MR) is 87.7 cm³/mol. The van der Waals surface area contributed by atoms with Crippen LogP contribution >= 0.6 is 11.6 Å². The van der Waals surface area contributed by atoms with Crippen molar-refractivity contribution < 1.29 is 9.90 Å². The summed E-state index contributed by atoms with van der Waals surface area (Å²) in [4.78, 5) is 30.8. The number of rotatable bonds is 4. The van der Waals surface area contributed by atoms with E-state index < -0.39 is 5.97 Å². The topological polar surface area (TPSA) is 88.0 Å². The summed E-state index contributed by atoms with van der Waals surface area (Å²) in [6.07, 6.45) is 2.43. The van der Waals surface area contributed by atoms with Gasteiger partial charge in [-0.05, 0) is 18.6 Å². The number of aromatic carboxylic acids is 1. The van der Waals surface area contributed by atoms with Gasteiger partial charge in [0.25, 0.3) is 5.56 Å². The summed E-state index contributed by atoms with van der Waals surface area (Å²) >= 11 is 6.23. The van der Waals surface area contributed by atoms with Crippen molar-refractivity contribution in [3.8, 4) is 5.69 Å². The standard InChI is InChI=1S/C16H14ClN3O3/c1-2-5-9-12-14(18-8-19-15(12)21)20(13(9)16(22)23)11-7-4-3-6-10(11)17/h3-4,6-8H,2,5H2,1H3,(H,22,23)(H,18,19,21). The molecule has 23 heavy (non-hydrogen) atoms. The Balaban J connectivity index is 2.53. The van der Waals surface area contributed by atoms with Crippen LogP contribution in [0.3, 0.4) is 0 Å². The molecule has 0 unspecified atom stereocenters. The third-order valence-corrected chi connectivity index (χ3v) is 3.97. The van der Waals surface area contributed by atoms with E-state index in [1.165, 1.54) is 10.9 Å². The monoisotopic (exact) mass is 331 g/mol. The first-order valence-corrected chi connectivity index (χ1v) is 7.53. The average molecular weight is 332 g/mol. The molecule has 0 aliphatic carbocycles. The largest absolute Gasteiger partial charge is 0.477 e. The molecule has 3 aromatic rings. The highest BCUT2D eigenvalue weighted by molar-refractivity contribution is 6.32. The summed E-state index contributed by atoms with van der Waals surface area (Å²) in [6.45, 7) is 1.93. The molecule has 3 rings (SSSR count). The Hall–Kier alpha value is -2.60. The maximum absolute atomic E-state index is 12.2. The zero-order valence-corrected chi connectivity index (χ0v) is 13.1. The van der Waals surface area contributed by atoms with Gasteiger partial charge in [0.1, 0.15) is 5.69 Å². The number of carboxylic acid groups (broad SMARTS) is 1. The third kappa shape index (κ3) is 2.41. The zero-order valence-electron chi connectivity index (χ0n) is 12.3. The highest BCUT2D eigenvalue weighted by Crippen LogP contribution is 2.30. The molecule has 0 saturated carbocycles. The first-order chi connectivity index (χ1) is 11.1. The van der Waals surface area contributed by atoms with Crippen LogP contribution < -0.4 is 5.56 Å². The van der Waals surface area contributed by atoms with E-state index in [0.29, 0.717) is 40.1 Å². The van der Waals surface area contributed by atoms with Gasteiger partial charge in [0.2, 0.25) is 0 Å². The molecular formula is C16H14ClN3O3. The number of hydrogen-bond acceptors (Lipinski definition) is 3. The molecule has 0 aliphatic rings. The lowest BCUT2D eigenvalue weighted by Crippen LogP contribution is -2.10. The molecular weight excluding hydrogens is 318 g/mol. The van der Waals surface area contributed by atoms with E-state index in [2.05, 4.69) is 9.97 Å². The Kier molecular flexibility index (Phi) is 3.92. The fourth-order valence-corrected chi connectivity index (χ4v) is 3.00. The second-order valence-corrected chi connectivity index (χ2v) is 5.51. The van der Waals surface area contributed by atoms with Crippen molar-refractivity contribution in [2.24, 2.45) is 0 Å². The molecule has 0 atom stereocenters. The van der Waals surface area contributed by atoms with E-state index in [0.717, 1.165) is 0 Å². The highest BCUT2D eigenvalue weighted by Gasteiger charge is 2.26. The van der Waals surface area contributed by atoms with E-state index in [4.69, 9.17) is 11.6 Å². The lowest BCUT2D eigenvalue weighted by Gasteiger charge is -2.10. The van der Waals surface area contributed by atoms with Gasteiger partial charge in [-0.25, -0.2) is 9.78 Å². The number of fused-ring (bicyclic) bond motifs is 1. The molecule has 2 heterocycles. The first-order valence-electron chi connectivity index (χ1n) is 7.15. The van der Waals surface area contributed by atoms with Crippen molar-refractivity contribution >= 4 is 28.6 Å². The molecule has 0 spiro atoms. The minimum Gasteiger partial charge on any atom is -0.477 e. The van der Waals surface area contributed by atoms with E-state index in [-0.39, 0.29) is 11.3 Å². The zero-order chi connectivity index (χ0) is 16.6. The van der Waals surface area contributed by atoms with Crippen LogP contribution in [0.5, 0.6) is 0 Å². The molecule has 6 nitrogen and oxygen atoms in total. The van der Waals surface area contributed by atoms with E-state index in [1.807, 2.05) is 6.92 Å². The molecule has 0 fully saturated rings. The lowest BCUT2D eigenvalue weighted by molar-refractivity contribution is 0.0687. The summed E-state index contributed by atoms with van der Waals surface area (Å²) in [5.41, 5.74) is 0.926. The second-order valence-electron chi connectivity index (χ2n) is 5.10. The van der Waals surface area contributed by atoms with Gasteiger partial charge in [-0.15, -0.1) is 0 Å². The van der Waals surface area contributed by atoms with Crippen LogP contribution in [0.25, 0.3) is 16.7 Å². The summed E-state index contributed by atoms with van der Waals surface area (Å²) in [6, 6.07) is 6.88. The summed E-state index contributed by atoms with van der Waals surface area (Å²) in [7, 11) is 0. The molecule has 118 valence electrons. The number of aromatic nitrogens is 3. The minimum absolute atomic E-state index is 0.0270. The van der Waals surface area contributed by atoms with Crippen LogP contribution in [0.15, 0.2) is 35.4 Å². The van der Waals surface area contributed by atoms with E-state index in [9.17, 15) is 14.7 Å². The number of para-hydroxylation sites is 1. The molecule has 0 amide bonds. The number of H-pyrrole nitrogens is 1. The minimum atomic E-state index is -1.12. The van der Waals surface area contributed by atoms with Crippen molar-refractivity contribution in [1.82, 2.24) is 14.5 Å². The number of carboxylic acids is 1. The number of hydrogen-bond donors (Lipinski definition) is 2. The van der Waals surface area contributed by atoms with Gasteiger partial charge in [-0.1, -0.05) is 37.1 Å². The van der Waals surface area contributed by atoms with Crippen LogP contribution in [-0.4, -0.2) is 25.6 Å². The number of nitrogens with one attached hydrogen (secondary N) is 1. The maximum Gasteiger partial charge on any atom is 0.353 e. The van der Waals surface area contributed by atoms with Gasteiger partial charge in [0.05, 0.1) is 22.4 Å². The Bertz CT molecular complexity index is 959. The molecule has 0 aliphatic heterocycles. The van der Waals surface area contributed by atoms with Crippen LogP contribution in [0.2, 0.25) is 5.02 Å². The quantitative estimate of drug-likeness (QED) is 0.769. The van der Waals surface area contributed by atoms with Crippen molar-refractivity contribution in [2.45, 2.75) is 19.8 Å². The smallest absolute Gasteiger partial charge is 0.353 e. The predicted octanol–water partition coefficient (Wildman–Crippen LogP) is 3.02. The van der Waals surface area contributed by atoms with Gasteiger partial charge >= 0.3 is 5.97 Å². The molecule has 7 heteroatoms. The van der Waals surface area contributed by atoms with Crippen molar-refractivity contribution in [2.75, 3.05) is 0 Å². The third-order valence-electron chi connectivity index (χ3n) is 3.65. The molecule has 0 bridgehead atoms. The first kappa shape index (κ1) is 15.3. The molecule has 1 aromatic carbocycles. The number of aromatic amines is 1. The van der Waals surface area contributed by atoms with Crippen LogP contribution in [0, 0.1) is 0 Å². The Morgan fingerprint density at radius 1 is 1.39 bits per heavy atom. The molecule has 0 radical (unpaired) electrons. The van der Waals surface area contributed by atoms with Gasteiger partial charge in [-0.3, -0.25) is 9.36 Å². The van der Waals surface area contributed by atoms with Crippen molar-refractivity contribution in [3.63, 3.8) is 0 Å². The Morgan fingerprint density at radius 2 is 2.13 bits per heavy atom. The Morgan fingerprint density at radius 3 is 2.78 bits per heavy atom. The van der Waals surface area contributed by atoms with E-state index >= 15 is 0 Å². The molecule has 2 aromatic heterocycles. The Labute approximate surface area is 136 Å². The number of carbonyl (C=O) groups is 1. The fraction of sp³-hybridized carbons (Fsp3) is 0.188. The number of halogens is 1. The van der Waals surface area contributed by atoms with Gasteiger partial charge < -0.3 is 10.1 Å². The van der Waals surface area contributed by atoms with Gasteiger partial charge in [-0.2, -0.15) is 0 Å². The number of nitrogens with zero attached hydrogens (tertiary/aromatic N) is 2. The maximum atomic E-state index is 12.2. The highest BCUT2D eigenvalue weighted by atomic mass is 35.5. The van der Waals surface area contributed by atoms with Gasteiger partial charge in [0, 0.05) is 5.56 Å². The SMILES string of the molecule is CCCc1c(C(=O)O)n(-c2ccccc2Cl)c2nc[nH]c(=O)c12. The normalized spacial score (nSPS) is 11.0. The lowest BCUT2D eigenvalue weighted by atomic mass is 10.1. The van der Waals surface area contributed by atoms with Crippen molar-refractivity contribution in [1.29, 1.82) is 0 Å². The average Bonchev–Trinajstić information content (AvgIpc) is 2.84. The fourth-order valence-electron chi connectivity index (χ4n) is 2.78. The molecule has 2 N–H and O–H groups in total. The van der Waals surface area contributed by atoms with Crippen LogP contribution in [0.4, 0.5) is 0 Å². The van der Waals surface area contributed by atoms with E-state index in [1.54, 1.807) is 24.3 Å². The summed E-state index contributed by atoms with van der Waals surface area (Å²) in [5, 5.41) is 10.4. The summed E-state index contributed by atoms with van der Waals surface area (Å²) in [5.74, 6) is -1.12. The molecule has 0 saturated heterocycles. The summed E-state index contributed by atoms with van der Waals surface area (Å²) < 4.78 is 1.44. The van der Waals surface area contributed by atoms with Crippen LogP contribution in [-0.2, 0) is 6.42 Å².